The van der Waals surface area contributed by atoms with Crippen LogP contribution >= 0.6 is 0 Å². The Morgan fingerprint density at radius 2 is 2.03 bits per heavy atom. The zero-order chi connectivity index (χ0) is 21.9. The number of hydrogen-bond acceptors (Lipinski definition) is 4. The van der Waals surface area contributed by atoms with Gasteiger partial charge >= 0.3 is 0 Å². The molecule has 1 heterocycles. The molecule has 1 aromatic rings. The Balaban J connectivity index is 1.50. The van der Waals surface area contributed by atoms with E-state index in [2.05, 4.69) is 41.1 Å². The monoisotopic (exact) mass is 430 g/mol. The molecule has 1 amide bonds. The fraction of sp³-hybridized carbons (Fsp3) is 0.667. The molecule has 3 N–H and O–H groups in total. The van der Waals surface area contributed by atoms with E-state index < -0.39 is 0 Å². The van der Waals surface area contributed by atoms with Crippen LogP contribution in [0, 0.1) is 6.92 Å². The van der Waals surface area contributed by atoms with Gasteiger partial charge in [-0.1, -0.05) is 25.0 Å². The molecule has 0 aromatic heterocycles. The maximum atomic E-state index is 12.1. The average Bonchev–Trinajstić information content (AvgIpc) is 3.45. The van der Waals surface area contributed by atoms with Crippen LogP contribution in [0.5, 0.6) is 5.75 Å². The molecule has 2 aliphatic rings. The topological polar surface area (TPSA) is 84.0 Å². The van der Waals surface area contributed by atoms with Crippen LogP contribution in [0.3, 0.4) is 0 Å². The van der Waals surface area contributed by atoms with Crippen molar-refractivity contribution in [1.29, 1.82) is 0 Å². The molecule has 0 spiro atoms. The van der Waals surface area contributed by atoms with Gasteiger partial charge in [0.1, 0.15) is 12.4 Å². The van der Waals surface area contributed by atoms with E-state index in [4.69, 9.17) is 14.5 Å². The first-order valence-corrected chi connectivity index (χ1v) is 11.8. The van der Waals surface area contributed by atoms with E-state index in [-0.39, 0.29) is 12.0 Å². The summed E-state index contributed by atoms with van der Waals surface area (Å²) in [6.45, 7) is 7.33. The Morgan fingerprint density at radius 1 is 1.19 bits per heavy atom. The molecule has 0 radical (unpaired) electrons. The predicted octanol–water partition coefficient (Wildman–Crippen LogP) is 3.06. The summed E-state index contributed by atoms with van der Waals surface area (Å²) in [6.07, 6.45) is 7.45. The molecule has 7 heteroatoms. The number of nitrogens with one attached hydrogen (secondary N) is 3. The molecule has 7 nitrogen and oxygen atoms in total. The summed E-state index contributed by atoms with van der Waals surface area (Å²) < 4.78 is 11.8. The fourth-order valence-corrected chi connectivity index (χ4v) is 4.06. The third kappa shape index (κ3) is 8.05. The lowest BCUT2D eigenvalue weighted by molar-refractivity contribution is -0.121. The van der Waals surface area contributed by atoms with Crippen molar-refractivity contribution in [3.8, 4) is 5.75 Å². The van der Waals surface area contributed by atoms with E-state index >= 15 is 0 Å². The van der Waals surface area contributed by atoms with Crippen molar-refractivity contribution < 1.29 is 14.3 Å². The van der Waals surface area contributed by atoms with Crippen molar-refractivity contribution >= 4 is 11.9 Å². The Morgan fingerprint density at radius 3 is 2.77 bits per heavy atom. The quantitative estimate of drug-likeness (QED) is 0.392. The molecule has 2 fully saturated rings. The van der Waals surface area contributed by atoms with Crippen LogP contribution < -0.4 is 20.7 Å². The second kappa shape index (κ2) is 12.5. The van der Waals surface area contributed by atoms with Gasteiger partial charge in [-0.15, -0.1) is 0 Å². The summed E-state index contributed by atoms with van der Waals surface area (Å²) in [6, 6.07) is 6.58. The Bertz CT molecular complexity index is 726. The predicted molar refractivity (Wildman–Crippen MR) is 123 cm³/mol. The van der Waals surface area contributed by atoms with Crippen LogP contribution in [0.15, 0.2) is 23.2 Å². The molecule has 3 rings (SSSR count). The first-order chi connectivity index (χ1) is 15.1. The maximum Gasteiger partial charge on any atom is 0.221 e. The normalized spacial score (nSPS) is 19.4. The number of benzene rings is 1. The Labute approximate surface area is 186 Å². The SMILES string of the molecule is CCNC(=NCc1ccc(C)cc1OCC1CCCO1)NCCC(=O)NC1CCCC1. The van der Waals surface area contributed by atoms with Gasteiger partial charge in [-0.2, -0.15) is 0 Å². The number of amides is 1. The number of nitrogens with zero attached hydrogens (tertiary/aromatic N) is 1. The van der Waals surface area contributed by atoms with E-state index in [0.717, 1.165) is 55.7 Å². The number of carbonyl (C=O) groups is 1. The van der Waals surface area contributed by atoms with Crippen LogP contribution in [0.4, 0.5) is 0 Å². The smallest absolute Gasteiger partial charge is 0.221 e. The number of ether oxygens (including phenoxy) is 2. The summed E-state index contributed by atoms with van der Waals surface area (Å²) in [5.74, 6) is 1.69. The second-order valence-electron chi connectivity index (χ2n) is 8.48. The van der Waals surface area contributed by atoms with Gasteiger partial charge in [-0.25, -0.2) is 4.99 Å². The van der Waals surface area contributed by atoms with Crippen LogP contribution in [-0.2, 0) is 16.1 Å². The number of guanidine groups is 1. The fourth-order valence-electron chi connectivity index (χ4n) is 4.06. The van der Waals surface area contributed by atoms with E-state index in [1.165, 1.54) is 12.8 Å². The standard InChI is InChI=1S/C24H38N4O3/c1-3-25-24(26-13-12-23(29)28-20-7-4-5-8-20)27-16-19-11-10-18(2)15-22(19)31-17-21-9-6-14-30-21/h10-11,15,20-21H,3-9,12-14,16-17H2,1-2H3,(H,28,29)(H2,25,26,27). The highest BCUT2D eigenvalue weighted by Gasteiger charge is 2.18. The van der Waals surface area contributed by atoms with Gasteiger partial charge in [0.15, 0.2) is 5.96 Å². The molecule has 1 aliphatic carbocycles. The molecule has 1 aromatic carbocycles. The first kappa shape index (κ1) is 23.4. The molecule has 0 bridgehead atoms. The molecule has 1 aliphatic heterocycles. The zero-order valence-electron chi connectivity index (χ0n) is 19.0. The van der Waals surface area contributed by atoms with E-state index in [9.17, 15) is 4.79 Å². The van der Waals surface area contributed by atoms with Gasteiger partial charge in [0.2, 0.25) is 5.91 Å². The average molecular weight is 431 g/mol. The van der Waals surface area contributed by atoms with Crippen molar-refractivity contribution in [3.63, 3.8) is 0 Å². The van der Waals surface area contributed by atoms with Crippen LogP contribution in [-0.4, -0.2) is 50.3 Å². The zero-order valence-corrected chi connectivity index (χ0v) is 19.0. The molecule has 31 heavy (non-hydrogen) atoms. The third-order valence-electron chi connectivity index (χ3n) is 5.79. The minimum atomic E-state index is 0.110. The first-order valence-electron chi connectivity index (χ1n) is 11.8. The van der Waals surface area contributed by atoms with Crippen molar-refractivity contribution in [2.45, 2.75) is 77.5 Å². The largest absolute Gasteiger partial charge is 0.491 e. The van der Waals surface area contributed by atoms with Crippen molar-refractivity contribution in [3.05, 3.63) is 29.3 Å². The van der Waals surface area contributed by atoms with Crippen molar-refractivity contribution in [2.75, 3.05) is 26.3 Å². The summed E-state index contributed by atoms with van der Waals surface area (Å²) in [5, 5.41) is 9.65. The second-order valence-corrected chi connectivity index (χ2v) is 8.48. The number of aliphatic imine (C=N–C) groups is 1. The third-order valence-corrected chi connectivity index (χ3v) is 5.79. The lowest BCUT2D eigenvalue weighted by atomic mass is 10.1. The van der Waals surface area contributed by atoms with Gasteiger partial charge in [0, 0.05) is 37.7 Å². The summed E-state index contributed by atoms with van der Waals surface area (Å²) in [5.41, 5.74) is 2.20. The molecule has 1 unspecified atom stereocenters. The number of hydrogen-bond donors (Lipinski definition) is 3. The van der Waals surface area contributed by atoms with E-state index in [1.54, 1.807) is 0 Å². The number of rotatable bonds is 10. The van der Waals surface area contributed by atoms with Crippen LogP contribution in [0.25, 0.3) is 0 Å². The van der Waals surface area contributed by atoms with Crippen LogP contribution in [0.2, 0.25) is 0 Å². The van der Waals surface area contributed by atoms with Crippen LogP contribution in [0.1, 0.15) is 63.0 Å². The Hall–Kier alpha value is -2.28. The molecule has 1 atom stereocenters. The van der Waals surface area contributed by atoms with Crippen molar-refractivity contribution in [1.82, 2.24) is 16.0 Å². The van der Waals surface area contributed by atoms with Gasteiger partial charge < -0.3 is 25.4 Å². The van der Waals surface area contributed by atoms with E-state index in [0.29, 0.717) is 38.1 Å². The molecule has 172 valence electrons. The van der Waals surface area contributed by atoms with Gasteiger partial charge in [-0.05, 0) is 51.2 Å². The van der Waals surface area contributed by atoms with Crippen molar-refractivity contribution in [2.24, 2.45) is 4.99 Å². The molecule has 1 saturated heterocycles. The van der Waals surface area contributed by atoms with E-state index in [1.807, 2.05) is 6.92 Å². The van der Waals surface area contributed by atoms with Gasteiger partial charge in [-0.3, -0.25) is 4.79 Å². The van der Waals surface area contributed by atoms with Gasteiger partial charge in [0.25, 0.3) is 0 Å². The lowest BCUT2D eigenvalue weighted by Crippen LogP contribution is -2.40. The summed E-state index contributed by atoms with van der Waals surface area (Å²) in [7, 11) is 0. The highest BCUT2D eigenvalue weighted by atomic mass is 16.5. The summed E-state index contributed by atoms with van der Waals surface area (Å²) in [4.78, 5) is 16.8. The highest BCUT2D eigenvalue weighted by molar-refractivity contribution is 5.81. The highest BCUT2D eigenvalue weighted by Crippen LogP contribution is 2.23. The lowest BCUT2D eigenvalue weighted by Gasteiger charge is -2.16. The molecular weight excluding hydrogens is 392 g/mol. The maximum absolute atomic E-state index is 12.1. The number of aryl methyl sites for hydroxylation is 1. The minimum absolute atomic E-state index is 0.110. The Kier molecular flexibility index (Phi) is 9.46. The molecular formula is C24H38N4O3. The molecule has 1 saturated carbocycles. The number of carbonyl (C=O) groups excluding carboxylic acids is 1. The summed E-state index contributed by atoms with van der Waals surface area (Å²) >= 11 is 0. The minimum Gasteiger partial charge on any atom is -0.491 e. The van der Waals surface area contributed by atoms with Gasteiger partial charge in [0.05, 0.1) is 12.6 Å².